The van der Waals surface area contributed by atoms with E-state index in [1.54, 1.807) is 36.4 Å². The Morgan fingerprint density at radius 3 is 2.07 bits per heavy atom. The van der Waals surface area contributed by atoms with Crippen LogP contribution < -0.4 is 4.31 Å². The van der Waals surface area contributed by atoms with Gasteiger partial charge >= 0.3 is 6.18 Å². The minimum Gasteiger partial charge on any atom is -0.262 e. The van der Waals surface area contributed by atoms with Crippen molar-refractivity contribution in [3.63, 3.8) is 0 Å². The smallest absolute Gasteiger partial charge is 0.262 e. The van der Waals surface area contributed by atoms with Gasteiger partial charge in [0.25, 0.3) is 10.0 Å². The van der Waals surface area contributed by atoms with Crippen LogP contribution in [0.1, 0.15) is 90.8 Å². The Hall–Kier alpha value is -3.31. The van der Waals surface area contributed by atoms with Crippen LogP contribution in [-0.4, -0.2) is 14.5 Å². The van der Waals surface area contributed by atoms with Crippen molar-refractivity contribution in [3.8, 4) is 17.2 Å². The number of nitrogens with zero attached hydrogens (tertiary/aromatic N) is 2. The Bertz CT molecular complexity index is 1730. The van der Waals surface area contributed by atoms with E-state index in [2.05, 4.69) is 13.0 Å². The zero-order valence-corrected chi connectivity index (χ0v) is 27.3. The first-order chi connectivity index (χ1) is 20.3. The fourth-order valence-electron chi connectivity index (χ4n) is 8.12. The summed E-state index contributed by atoms with van der Waals surface area (Å²) in [6.45, 7) is 14.1. The van der Waals surface area contributed by atoms with Crippen LogP contribution in [0.5, 0.6) is 0 Å². The van der Waals surface area contributed by atoms with E-state index in [9.17, 15) is 26.9 Å². The van der Waals surface area contributed by atoms with E-state index < -0.39 is 43.4 Å². The predicted octanol–water partition coefficient (Wildman–Crippen LogP) is 9.64. The third kappa shape index (κ3) is 4.83. The van der Waals surface area contributed by atoms with Gasteiger partial charge in [0.05, 0.1) is 33.7 Å². The molecule has 0 spiro atoms. The van der Waals surface area contributed by atoms with E-state index in [1.807, 2.05) is 53.7 Å². The fourth-order valence-corrected chi connectivity index (χ4v) is 9.95. The molecule has 4 nitrogen and oxygen atoms in total. The topological polar surface area (TPSA) is 61.2 Å². The normalized spacial score (nSPS) is 21.0. The highest BCUT2D eigenvalue weighted by atomic mass is 32.2. The minimum atomic E-state index is -4.49. The number of fused-ring (bicyclic) bond motifs is 3. The van der Waals surface area contributed by atoms with Gasteiger partial charge in [-0.25, -0.2) is 8.42 Å². The molecule has 0 radical (unpaired) electrons. The summed E-state index contributed by atoms with van der Waals surface area (Å²) in [5.74, 6) is 0. The van der Waals surface area contributed by atoms with Crippen molar-refractivity contribution in [2.75, 3.05) is 4.31 Å². The second-order valence-electron chi connectivity index (χ2n) is 14.7. The molecule has 0 amide bonds. The molecule has 8 heteroatoms. The summed E-state index contributed by atoms with van der Waals surface area (Å²) in [5, 5.41) is 10.7. The van der Waals surface area contributed by atoms with Crippen molar-refractivity contribution in [1.82, 2.24) is 0 Å². The highest BCUT2D eigenvalue weighted by Gasteiger charge is 2.55. The van der Waals surface area contributed by atoms with Crippen LogP contribution in [0.25, 0.3) is 11.1 Å². The molecule has 1 aliphatic carbocycles. The lowest BCUT2D eigenvalue weighted by Gasteiger charge is -2.49. The summed E-state index contributed by atoms with van der Waals surface area (Å²) in [5.41, 5.74) is -0.254. The van der Waals surface area contributed by atoms with Gasteiger partial charge in [0.2, 0.25) is 0 Å². The number of hydrogen-bond acceptors (Lipinski definition) is 3. The average molecular weight is 623 g/mol. The number of sulfonamides is 1. The number of anilines is 1. The summed E-state index contributed by atoms with van der Waals surface area (Å²) in [6.07, 6.45) is -1.16. The first kappa shape index (κ1) is 32.1. The summed E-state index contributed by atoms with van der Waals surface area (Å²) >= 11 is 0. The third-order valence-corrected chi connectivity index (χ3v) is 11.9. The van der Waals surface area contributed by atoms with Gasteiger partial charge in [-0.15, -0.1) is 0 Å². The highest BCUT2D eigenvalue weighted by Crippen LogP contribution is 2.56. The van der Waals surface area contributed by atoms with Crippen molar-refractivity contribution >= 4 is 15.7 Å². The molecule has 0 unspecified atom stereocenters. The zero-order valence-electron chi connectivity index (χ0n) is 26.5. The van der Waals surface area contributed by atoms with E-state index in [4.69, 9.17) is 0 Å². The van der Waals surface area contributed by atoms with E-state index in [-0.39, 0.29) is 10.9 Å². The van der Waals surface area contributed by atoms with Gasteiger partial charge in [0.1, 0.15) is 0 Å². The Labute approximate surface area is 260 Å². The number of halogens is 3. The Morgan fingerprint density at radius 1 is 0.841 bits per heavy atom. The van der Waals surface area contributed by atoms with Crippen LogP contribution in [0.2, 0.25) is 0 Å². The van der Waals surface area contributed by atoms with Crippen molar-refractivity contribution < 1.29 is 21.6 Å². The molecule has 1 heterocycles. The standard InChI is InChI=1S/C36H41F3N2O2S/c1-32(2,3)35(23-40,33(4,5)6)26-13-11-15-28(22-26)44(42,43)41-30-21-25(24-12-10-14-27(20-24)36(37,38)39)17-18-29(30)34(7)19-9-8-16-31(34)41/h10-15,17-18,20-22,31H,8-9,16,19H2,1-7H3/t31-,34-/m1/s1. The molecule has 1 fully saturated rings. The van der Waals surface area contributed by atoms with Crippen molar-refractivity contribution in [1.29, 1.82) is 5.26 Å². The van der Waals surface area contributed by atoms with Crippen molar-refractivity contribution in [2.45, 2.75) is 102 Å². The predicted molar refractivity (Wildman–Crippen MR) is 169 cm³/mol. The zero-order chi connectivity index (χ0) is 32.5. The second-order valence-corrected chi connectivity index (χ2v) is 16.5. The van der Waals surface area contributed by atoms with E-state index in [0.717, 1.165) is 37.0 Å². The van der Waals surface area contributed by atoms with Crippen molar-refractivity contribution in [3.05, 3.63) is 83.4 Å². The SMILES string of the molecule is CC(C)(C)C(C#N)(c1cccc(S(=O)(=O)N2c3cc(-c4cccc(C(F)(F)F)c4)ccc3[C@@]3(C)CCCC[C@@H]23)c1)C(C)(C)C. The Balaban J connectivity index is 1.70. The maximum absolute atomic E-state index is 14.8. The van der Waals surface area contributed by atoms with E-state index in [0.29, 0.717) is 28.8 Å². The van der Waals surface area contributed by atoms with E-state index in [1.165, 1.54) is 10.4 Å². The van der Waals surface area contributed by atoms with Crippen LogP contribution in [-0.2, 0) is 27.0 Å². The molecule has 3 aromatic rings. The largest absolute Gasteiger partial charge is 0.416 e. The minimum absolute atomic E-state index is 0.105. The van der Waals surface area contributed by atoms with Crippen molar-refractivity contribution in [2.24, 2.45) is 10.8 Å². The quantitative estimate of drug-likeness (QED) is 0.291. The maximum Gasteiger partial charge on any atom is 0.416 e. The van der Waals surface area contributed by atoms with E-state index >= 15 is 0 Å². The van der Waals surface area contributed by atoms with Gasteiger partial charge in [0, 0.05) is 5.41 Å². The molecular formula is C36H41F3N2O2S. The molecule has 44 heavy (non-hydrogen) atoms. The Kier molecular flexibility index (Phi) is 7.56. The van der Waals surface area contributed by atoms with Gasteiger partial charge in [-0.1, -0.05) is 97.7 Å². The number of nitriles is 1. The first-order valence-electron chi connectivity index (χ1n) is 15.2. The monoisotopic (exact) mass is 622 g/mol. The summed E-state index contributed by atoms with van der Waals surface area (Å²) in [6, 6.07) is 19.6. The molecule has 0 saturated heterocycles. The molecule has 234 valence electrons. The average Bonchev–Trinajstić information content (AvgIpc) is 3.20. The molecule has 2 atom stereocenters. The molecular weight excluding hydrogens is 581 g/mol. The van der Waals surface area contributed by atoms with Gasteiger partial charge in [0.15, 0.2) is 0 Å². The van der Waals surface area contributed by atoms with Gasteiger partial charge in [-0.3, -0.25) is 4.31 Å². The van der Waals surface area contributed by atoms with Gasteiger partial charge < -0.3 is 0 Å². The fraction of sp³-hybridized carbons (Fsp3) is 0.472. The van der Waals surface area contributed by atoms with Gasteiger partial charge in [-0.2, -0.15) is 18.4 Å². The van der Waals surface area contributed by atoms with Crippen LogP contribution in [0, 0.1) is 22.2 Å². The van der Waals surface area contributed by atoms with Crippen LogP contribution in [0.15, 0.2) is 71.6 Å². The first-order valence-corrected chi connectivity index (χ1v) is 16.6. The molecule has 0 N–H and O–H groups in total. The third-order valence-electron chi connectivity index (χ3n) is 10.1. The molecule has 1 aliphatic heterocycles. The maximum atomic E-state index is 14.8. The molecule has 5 rings (SSSR count). The van der Waals surface area contributed by atoms with Crippen LogP contribution in [0.3, 0.4) is 0 Å². The lowest BCUT2D eigenvalue weighted by molar-refractivity contribution is -0.137. The lowest BCUT2D eigenvalue weighted by atomic mass is 9.52. The molecule has 0 bridgehead atoms. The van der Waals surface area contributed by atoms with Crippen LogP contribution in [0.4, 0.5) is 18.9 Å². The molecule has 2 aliphatic rings. The number of benzene rings is 3. The van der Waals surface area contributed by atoms with Gasteiger partial charge in [-0.05, 0) is 76.3 Å². The number of rotatable bonds is 4. The molecule has 1 saturated carbocycles. The number of hydrogen-bond donors (Lipinski definition) is 0. The summed E-state index contributed by atoms with van der Waals surface area (Å²) in [7, 11) is -4.13. The number of alkyl halides is 3. The summed E-state index contributed by atoms with van der Waals surface area (Å²) < 4.78 is 71.7. The highest BCUT2D eigenvalue weighted by molar-refractivity contribution is 7.93. The summed E-state index contributed by atoms with van der Waals surface area (Å²) in [4.78, 5) is 0.105. The van der Waals surface area contributed by atoms with Crippen LogP contribution >= 0.6 is 0 Å². The molecule has 0 aromatic heterocycles. The lowest BCUT2D eigenvalue weighted by Crippen LogP contribution is -2.49. The molecule has 3 aromatic carbocycles. The Morgan fingerprint density at radius 2 is 1.45 bits per heavy atom. The second kappa shape index (κ2) is 10.4.